The molecule has 6 heteroatoms. The Labute approximate surface area is 171 Å². The van der Waals surface area contributed by atoms with E-state index in [9.17, 15) is 14.4 Å². The number of hydrogen-bond donors (Lipinski definition) is 2. The van der Waals surface area contributed by atoms with Gasteiger partial charge in [-0.05, 0) is 56.5 Å². The summed E-state index contributed by atoms with van der Waals surface area (Å²) in [5.74, 6) is -0.547. The number of carbonyl (C=O) groups excluding carboxylic acids is 3. The molecule has 0 aliphatic heterocycles. The van der Waals surface area contributed by atoms with E-state index in [4.69, 9.17) is 0 Å². The van der Waals surface area contributed by atoms with Gasteiger partial charge >= 0.3 is 0 Å². The van der Waals surface area contributed by atoms with Gasteiger partial charge in [-0.1, -0.05) is 30.3 Å². The third-order valence-corrected chi connectivity index (χ3v) is 5.14. The molecule has 1 aliphatic rings. The molecule has 1 fully saturated rings. The average molecular weight is 393 g/mol. The second-order valence-corrected chi connectivity index (χ2v) is 7.81. The smallest absolute Gasteiger partial charge is 0.240 e. The number of amides is 3. The highest BCUT2D eigenvalue weighted by Gasteiger charge is 2.58. The van der Waals surface area contributed by atoms with Crippen molar-refractivity contribution in [3.05, 3.63) is 60.2 Å². The van der Waals surface area contributed by atoms with E-state index in [-0.39, 0.29) is 23.8 Å². The molecule has 29 heavy (non-hydrogen) atoms. The molecule has 0 aromatic heterocycles. The van der Waals surface area contributed by atoms with E-state index >= 15 is 0 Å². The second kappa shape index (κ2) is 8.47. The monoisotopic (exact) mass is 393 g/mol. The molecule has 2 aromatic rings. The van der Waals surface area contributed by atoms with Crippen LogP contribution < -0.4 is 10.6 Å². The molecule has 0 radical (unpaired) electrons. The molecule has 1 aliphatic carbocycles. The molecule has 0 heterocycles. The molecule has 2 N–H and O–H groups in total. The van der Waals surface area contributed by atoms with Gasteiger partial charge in [-0.15, -0.1) is 0 Å². The van der Waals surface area contributed by atoms with Crippen molar-refractivity contribution >= 4 is 29.1 Å². The lowest BCUT2D eigenvalue weighted by Crippen LogP contribution is -2.45. The summed E-state index contributed by atoms with van der Waals surface area (Å²) in [5.41, 5.74) is 1.30. The highest BCUT2D eigenvalue weighted by atomic mass is 16.2. The molecule has 3 amide bonds. The molecule has 2 aromatic carbocycles. The topological polar surface area (TPSA) is 78.5 Å². The summed E-state index contributed by atoms with van der Waals surface area (Å²) in [6.07, 6.45) is 1.11. The van der Waals surface area contributed by atoms with Gasteiger partial charge in [-0.25, -0.2) is 0 Å². The minimum atomic E-state index is -0.991. The van der Waals surface area contributed by atoms with Gasteiger partial charge < -0.3 is 15.5 Å². The predicted molar refractivity (Wildman–Crippen MR) is 113 cm³/mol. The van der Waals surface area contributed by atoms with Crippen LogP contribution in [0.3, 0.4) is 0 Å². The molecule has 0 unspecified atom stereocenters. The minimum Gasteiger partial charge on any atom is -0.335 e. The Hall–Kier alpha value is -3.15. The number of hydrogen-bond acceptors (Lipinski definition) is 3. The summed E-state index contributed by atoms with van der Waals surface area (Å²) in [6.45, 7) is 5.86. The van der Waals surface area contributed by atoms with Crippen LogP contribution in [0.1, 0.15) is 39.2 Å². The number of anilines is 2. The van der Waals surface area contributed by atoms with E-state index in [1.807, 2.05) is 44.2 Å². The van der Waals surface area contributed by atoms with Gasteiger partial charge in [0.25, 0.3) is 0 Å². The number of benzene rings is 2. The third-order valence-electron chi connectivity index (χ3n) is 5.14. The highest BCUT2D eigenvalue weighted by Crippen LogP contribution is 2.48. The van der Waals surface area contributed by atoms with Crippen LogP contribution in [-0.2, 0) is 20.9 Å². The maximum absolute atomic E-state index is 13.3. The standard InChI is InChI=1S/C23H27N3O3/c1-16(2)26(15-18-7-5-4-6-8-18)22(29)23(13-14-23)21(28)25-20-11-9-19(10-12-20)24-17(3)27/h4-12,16H,13-15H2,1-3H3,(H,24,27)(H,25,28). The molecular formula is C23H27N3O3. The van der Waals surface area contributed by atoms with E-state index < -0.39 is 5.41 Å². The summed E-state index contributed by atoms with van der Waals surface area (Å²) in [4.78, 5) is 39.1. The van der Waals surface area contributed by atoms with Crippen molar-refractivity contribution in [3.63, 3.8) is 0 Å². The first-order valence-electron chi connectivity index (χ1n) is 9.86. The van der Waals surface area contributed by atoms with Crippen LogP contribution in [0.4, 0.5) is 11.4 Å². The average Bonchev–Trinajstić information content (AvgIpc) is 3.49. The van der Waals surface area contributed by atoms with Crippen molar-refractivity contribution in [1.29, 1.82) is 0 Å². The zero-order valence-electron chi connectivity index (χ0n) is 17.1. The van der Waals surface area contributed by atoms with Crippen LogP contribution in [-0.4, -0.2) is 28.7 Å². The van der Waals surface area contributed by atoms with Crippen molar-refractivity contribution in [3.8, 4) is 0 Å². The van der Waals surface area contributed by atoms with Crippen LogP contribution in [0, 0.1) is 5.41 Å². The lowest BCUT2D eigenvalue weighted by atomic mass is 10.0. The molecule has 3 rings (SSSR count). The molecule has 1 saturated carbocycles. The maximum atomic E-state index is 13.3. The van der Waals surface area contributed by atoms with Gasteiger partial charge in [0.2, 0.25) is 17.7 Å². The normalized spacial score (nSPS) is 14.2. The van der Waals surface area contributed by atoms with Crippen LogP contribution in [0.5, 0.6) is 0 Å². The molecule has 152 valence electrons. The first-order valence-corrected chi connectivity index (χ1v) is 9.86. The van der Waals surface area contributed by atoms with Crippen molar-refractivity contribution in [2.75, 3.05) is 10.6 Å². The van der Waals surface area contributed by atoms with Gasteiger partial charge in [-0.2, -0.15) is 0 Å². The first kappa shape index (κ1) is 20.6. The van der Waals surface area contributed by atoms with E-state index in [2.05, 4.69) is 10.6 Å². The van der Waals surface area contributed by atoms with Crippen molar-refractivity contribution < 1.29 is 14.4 Å². The van der Waals surface area contributed by atoms with Crippen molar-refractivity contribution in [1.82, 2.24) is 4.90 Å². The Morgan fingerprint density at radius 1 is 0.931 bits per heavy atom. The fraction of sp³-hybridized carbons (Fsp3) is 0.348. The fourth-order valence-corrected chi connectivity index (χ4v) is 3.30. The van der Waals surface area contributed by atoms with Gasteiger partial charge in [0.05, 0.1) is 0 Å². The Morgan fingerprint density at radius 2 is 1.48 bits per heavy atom. The van der Waals surface area contributed by atoms with Crippen molar-refractivity contribution in [2.24, 2.45) is 5.41 Å². The van der Waals surface area contributed by atoms with Crippen LogP contribution in [0.15, 0.2) is 54.6 Å². The summed E-state index contributed by atoms with van der Waals surface area (Å²) in [7, 11) is 0. The first-order chi connectivity index (χ1) is 13.8. The van der Waals surface area contributed by atoms with Gasteiger partial charge in [0.15, 0.2) is 0 Å². The number of nitrogens with one attached hydrogen (secondary N) is 2. The fourth-order valence-electron chi connectivity index (χ4n) is 3.30. The third kappa shape index (κ3) is 4.83. The molecule has 0 saturated heterocycles. The largest absolute Gasteiger partial charge is 0.335 e. The van der Waals surface area contributed by atoms with Crippen LogP contribution >= 0.6 is 0 Å². The molecule has 6 nitrogen and oxygen atoms in total. The van der Waals surface area contributed by atoms with Gasteiger partial charge in [0.1, 0.15) is 5.41 Å². The quantitative estimate of drug-likeness (QED) is 0.702. The zero-order valence-corrected chi connectivity index (χ0v) is 17.1. The van der Waals surface area contributed by atoms with Gasteiger partial charge in [0, 0.05) is 30.9 Å². The molecule has 0 atom stereocenters. The SMILES string of the molecule is CC(=O)Nc1ccc(NC(=O)C2(C(=O)N(Cc3ccccc3)C(C)C)CC2)cc1. The lowest BCUT2D eigenvalue weighted by Gasteiger charge is -2.30. The maximum Gasteiger partial charge on any atom is 0.240 e. The summed E-state index contributed by atoms with van der Waals surface area (Å²) in [6, 6.07) is 16.7. The Kier molecular flexibility index (Phi) is 6.01. The summed E-state index contributed by atoms with van der Waals surface area (Å²) in [5, 5.41) is 5.55. The molecule has 0 bridgehead atoms. The zero-order chi connectivity index (χ0) is 21.0. The number of carbonyl (C=O) groups is 3. The predicted octanol–water partition coefficient (Wildman–Crippen LogP) is 3.80. The Balaban J connectivity index is 1.70. The number of rotatable bonds is 7. The van der Waals surface area contributed by atoms with Crippen molar-refractivity contribution in [2.45, 2.75) is 46.2 Å². The molecular weight excluding hydrogens is 366 g/mol. The Bertz CT molecular complexity index is 887. The van der Waals surface area contributed by atoms with E-state index in [0.717, 1.165) is 5.56 Å². The van der Waals surface area contributed by atoms with Crippen LogP contribution in [0.25, 0.3) is 0 Å². The van der Waals surface area contributed by atoms with E-state index in [0.29, 0.717) is 30.8 Å². The lowest BCUT2D eigenvalue weighted by molar-refractivity contribution is -0.144. The highest BCUT2D eigenvalue weighted by molar-refractivity contribution is 6.13. The molecule has 0 spiro atoms. The minimum absolute atomic E-state index is 0.00933. The number of nitrogens with zero attached hydrogens (tertiary/aromatic N) is 1. The van der Waals surface area contributed by atoms with Gasteiger partial charge in [-0.3, -0.25) is 14.4 Å². The second-order valence-electron chi connectivity index (χ2n) is 7.81. The van der Waals surface area contributed by atoms with E-state index in [1.54, 1.807) is 29.2 Å². The summed E-state index contributed by atoms with van der Waals surface area (Å²) < 4.78 is 0. The Morgan fingerprint density at radius 3 is 1.97 bits per heavy atom. The van der Waals surface area contributed by atoms with Crippen LogP contribution in [0.2, 0.25) is 0 Å². The van der Waals surface area contributed by atoms with E-state index in [1.165, 1.54) is 6.92 Å². The summed E-state index contributed by atoms with van der Waals surface area (Å²) >= 11 is 0.